The van der Waals surface area contributed by atoms with E-state index in [0.717, 1.165) is 46.8 Å². The maximum absolute atomic E-state index is 9.86. The van der Waals surface area contributed by atoms with Crippen molar-refractivity contribution in [2.45, 2.75) is 13.0 Å². The van der Waals surface area contributed by atoms with Gasteiger partial charge in [0.15, 0.2) is 0 Å². The van der Waals surface area contributed by atoms with Gasteiger partial charge in [-0.15, -0.1) is 0 Å². The first-order chi connectivity index (χ1) is 5.28. The molecule has 0 aromatic heterocycles. The Balaban J connectivity index is 1.84. The Morgan fingerprint density at radius 2 is 1.45 bits per heavy atom. The van der Waals surface area contributed by atoms with Gasteiger partial charge in [-0.25, -0.2) is 0 Å². The predicted molar refractivity (Wildman–Crippen MR) is 38.5 cm³/mol. The number of hydrogen-bond donors (Lipinski definition) is 1. The Morgan fingerprint density at radius 3 is 1.91 bits per heavy atom. The Hall–Kier alpha value is -0.0400. The first-order valence-electron chi connectivity index (χ1n) is 4.96. The summed E-state index contributed by atoms with van der Waals surface area (Å²) in [6.07, 6.45) is 0.145. The zero-order valence-electron chi connectivity index (χ0n) is 6.57. The Morgan fingerprint density at radius 1 is 0.909 bits per heavy atom. The van der Waals surface area contributed by atoms with E-state index in [2.05, 4.69) is 6.92 Å². The molecule has 6 rings (SSSR count). The normalized spacial score (nSPS) is 96.5. The van der Waals surface area contributed by atoms with Crippen molar-refractivity contribution < 1.29 is 5.11 Å². The van der Waals surface area contributed by atoms with Gasteiger partial charge in [0.25, 0.3) is 0 Å². The molecule has 4 unspecified atom stereocenters. The lowest BCUT2D eigenvalue weighted by Gasteiger charge is -2.90. The van der Waals surface area contributed by atoms with Crippen LogP contribution in [0.4, 0.5) is 0 Å². The lowest BCUT2D eigenvalue weighted by atomic mass is 9.14. The van der Waals surface area contributed by atoms with Crippen molar-refractivity contribution in [3.8, 4) is 0 Å². The van der Waals surface area contributed by atoms with E-state index >= 15 is 0 Å². The Kier molecular flexibility index (Phi) is 0.393. The van der Waals surface area contributed by atoms with E-state index in [4.69, 9.17) is 0 Å². The summed E-state index contributed by atoms with van der Waals surface area (Å²) in [5, 5.41) is 9.86. The predicted octanol–water partition coefficient (Wildman–Crippen LogP) is 0.735. The quantitative estimate of drug-likeness (QED) is 0.537. The van der Waals surface area contributed by atoms with Gasteiger partial charge in [0.05, 0.1) is 6.10 Å². The third-order valence-electron chi connectivity index (χ3n) is 6.32. The number of aliphatic hydroxyl groups is 1. The van der Waals surface area contributed by atoms with Crippen molar-refractivity contribution in [1.29, 1.82) is 0 Å². The molecular weight excluding hydrogens is 136 g/mol. The molecule has 1 nitrogen and oxygen atoms in total. The molecule has 6 fully saturated rings. The molecule has 6 aliphatic rings. The van der Waals surface area contributed by atoms with E-state index in [1.54, 1.807) is 0 Å². The maximum Gasteiger partial charge on any atom is 0.0608 e. The molecule has 0 spiro atoms. The second kappa shape index (κ2) is 0.891. The molecule has 0 aromatic carbocycles. The molecule has 58 valence electrons. The van der Waals surface area contributed by atoms with Crippen molar-refractivity contribution in [1.82, 2.24) is 0 Å². The van der Waals surface area contributed by atoms with Gasteiger partial charge < -0.3 is 5.11 Å². The minimum atomic E-state index is 0.145. The van der Waals surface area contributed by atoms with Crippen LogP contribution >= 0.6 is 0 Å². The van der Waals surface area contributed by atoms with Crippen molar-refractivity contribution in [2.24, 2.45) is 46.8 Å². The summed E-state index contributed by atoms with van der Waals surface area (Å²) in [4.78, 5) is 0. The molecule has 9 atom stereocenters. The molecule has 11 heavy (non-hydrogen) atoms. The third-order valence-corrected chi connectivity index (χ3v) is 6.32. The van der Waals surface area contributed by atoms with Crippen LogP contribution in [0.15, 0.2) is 0 Å². The minimum absolute atomic E-state index is 0.145. The van der Waals surface area contributed by atoms with Crippen molar-refractivity contribution in [3.63, 3.8) is 0 Å². The summed E-state index contributed by atoms with van der Waals surface area (Å²) >= 11 is 0. The Bertz CT molecular complexity index is 277. The van der Waals surface area contributed by atoms with E-state index in [-0.39, 0.29) is 6.10 Å². The van der Waals surface area contributed by atoms with Crippen LogP contribution in [-0.2, 0) is 0 Å². The van der Waals surface area contributed by atoms with Crippen LogP contribution in [0.2, 0.25) is 0 Å². The summed E-state index contributed by atoms with van der Waals surface area (Å²) in [6, 6.07) is 0. The van der Waals surface area contributed by atoms with Gasteiger partial charge >= 0.3 is 0 Å². The van der Waals surface area contributed by atoms with Crippen molar-refractivity contribution in [3.05, 3.63) is 0 Å². The van der Waals surface area contributed by atoms with Gasteiger partial charge in [0, 0.05) is 0 Å². The zero-order chi connectivity index (χ0) is 7.12. The molecule has 1 heteroatoms. The average Bonchev–Trinajstić information content (AvgIpc) is 2.16. The van der Waals surface area contributed by atoms with Gasteiger partial charge in [-0.1, -0.05) is 6.92 Å². The summed E-state index contributed by atoms with van der Waals surface area (Å²) in [6.45, 7) is 2.48. The van der Waals surface area contributed by atoms with Gasteiger partial charge in [0.1, 0.15) is 0 Å². The molecule has 0 saturated heterocycles. The number of hydrogen-bond acceptors (Lipinski definition) is 1. The van der Waals surface area contributed by atoms with Crippen LogP contribution < -0.4 is 0 Å². The second-order valence-corrected chi connectivity index (χ2v) is 5.74. The second-order valence-electron chi connectivity index (χ2n) is 5.74. The fourth-order valence-corrected chi connectivity index (χ4v) is 6.44. The number of rotatable bonds is 0. The molecule has 1 N–H and O–H groups in total. The first-order valence-corrected chi connectivity index (χ1v) is 4.96. The topological polar surface area (TPSA) is 20.2 Å². The van der Waals surface area contributed by atoms with E-state index in [0.29, 0.717) is 0 Å². The largest absolute Gasteiger partial charge is 0.393 e. The SMILES string of the molecule is CC12C3[C@H]4C5[C@@H](O)C([C@H]41)[C@@H]2[C@@H]53. The zero-order valence-corrected chi connectivity index (χ0v) is 6.57. The van der Waals surface area contributed by atoms with E-state index in [1.807, 2.05) is 0 Å². The van der Waals surface area contributed by atoms with Gasteiger partial charge in [0.2, 0.25) is 0 Å². The smallest absolute Gasteiger partial charge is 0.0608 e. The fourth-order valence-electron chi connectivity index (χ4n) is 6.44. The van der Waals surface area contributed by atoms with Crippen molar-refractivity contribution >= 4 is 0 Å². The third kappa shape index (κ3) is 0.188. The number of aliphatic hydroxyl groups excluding tert-OH is 1. The van der Waals surface area contributed by atoms with Crippen LogP contribution in [0.1, 0.15) is 6.92 Å². The monoisotopic (exact) mass is 148 g/mol. The first kappa shape index (κ1) is 4.86. The van der Waals surface area contributed by atoms with E-state index in [1.165, 1.54) is 0 Å². The van der Waals surface area contributed by atoms with E-state index < -0.39 is 0 Å². The van der Waals surface area contributed by atoms with Gasteiger partial charge in [-0.3, -0.25) is 0 Å². The van der Waals surface area contributed by atoms with E-state index in [9.17, 15) is 5.11 Å². The lowest BCUT2D eigenvalue weighted by Crippen LogP contribution is -2.87. The molecule has 0 heterocycles. The Labute approximate surface area is 65.8 Å². The summed E-state index contributed by atoms with van der Waals surface area (Å²) in [7, 11) is 0. The average molecular weight is 148 g/mol. The van der Waals surface area contributed by atoms with Crippen LogP contribution in [0, 0.1) is 46.8 Å². The van der Waals surface area contributed by atoms with Crippen molar-refractivity contribution in [2.75, 3.05) is 0 Å². The highest BCUT2D eigenvalue weighted by atomic mass is 16.3. The molecule has 6 saturated carbocycles. The highest BCUT2D eigenvalue weighted by Gasteiger charge is 2.98. The highest BCUT2D eigenvalue weighted by molar-refractivity contribution is 5.44. The summed E-state index contributed by atoms with van der Waals surface area (Å²) in [5.74, 6) is 6.66. The molecular formula is C10H12O. The molecule has 6 aliphatic carbocycles. The molecule has 0 radical (unpaired) electrons. The summed E-state index contributed by atoms with van der Waals surface area (Å²) in [5.41, 5.74) is 0.772. The maximum atomic E-state index is 9.86. The van der Waals surface area contributed by atoms with Crippen LogP contribution in [0.5, 0.6) is 0 Å². The highest BCUT2D eigenvalue weighted by Crippen LogP contribution is 2.99. The van der Waals surface area contributed by atoms with Crippen LogP contribution in [0.25, 0.3) is 0 Å². The molecule has 0 aromatic rings. The van der Waals surface area contributed by atoms with Gasteiger partial charge in [-0.2, -0.15) is 0 Å². The molecule has 2 bridgehead atoms. The lowest BCUT2D eigenvalue weighted by molar-refractivity contribution is -0.440. The standard InChI is InChI=1S/C10H12O/c1-10-6-3-2-4(6)8(10)5(7(3)10)9(2)11/h2-9,11H,1H3/t2?,3-,4+,5?,6?,7-,8-,9+,10?/m0/s1. The molecule has 0 amide bonds. The van der Waals surface area contributed by atoms with Crippen LogP contribution in [-0.4, -0.2) is 11.2 Å². The molecule has 0 aliphatic heterocycles. The van der Waals surface area contributed by atoms with Crippen LogP contribution in [0.3, 0.4) is 0 Å². The fraction of sp³-hybridized carbons (Fsp3) is 1.00. The summed E-state index contributed by atoms with van der Waals surface area (Å²) < 4.78 is 0. The van der Waals surface area contributed by atoms with Gasteiger partial charge in [-0.05, 0) is 46.8 Å². The minimum Gasteiger partial charge on any atom is -0.393 e.